The first-order chi connectivity index (χ1) is 6.93. The maximum absolute atomic E-state index is 4.72. The maximum Gasteiger partial charge on any atom is 0.110 e. The zero-order valence-corrected chi connectivity index (χ0v) is 8.47. The second kappa shape index (κ2) is 3.39. The third-order valence-electron chi connectivity index (χ3n) is 3.41. The molecule has 3 nitrogen and oxygen atoms in total. The molecule has 1 aliphatic carbocycles. The monoisotopic (exact) mass is 191 g/mol. The fourth-order valence-electron chi connectivity index (χ4n) is 2.59. The van der Waals surface area contributed by atoms with Gasteiger partial charge in [-0.1, -0.05) is 0 Å². The first-order valence-electron chi connectivity index (χ1n) is 5.72. The Morgan fingerprint density at radius 2 is 2.21 bits per heavy atom. The van der Waals surface area contributed by atoms with Crippen molar-refractivity contribution in [3.05, 3.63) is 17.2 Å². The number of hydrogen-bond acceptors (Lipinski definition) is 2. The van der Waals surface area contributed by atoms with Crippen molar-refractivity contribution in [1.29, 1.82) is 0 Å². The molecule has 2 heterocycles. The summed E-state index contributed by atoms with van der Waals surface area (Å²) < 4.78 is 0. The fourth-order valence-corrected chi connectivity index (χ4v) is 2.59. The van der Waals surface area contributed by atoms with Crippen LogP contribution in [-0.4, -0.2) is 23.1 Å². The van der Waals surface area contributed by atoms with E-state index < -0.39 is 0 Å². The number of fused-ring (bicyclic) bond motifs is 1. The number of hydrogen-bond donors (Lipinski definition) is 2. The van der Waals surface area contributed by atoms with Crippen LogP contribution in [-0.2, 0) is 12.8 Å². The third kappa shape index (κ3) is 1.36. The molecule has 2 N–H and O–H groups in total. The quantitative estimate of drug-likeness (QED) is 0.703. The lowest BCUT2D eigenvalue weighted by Gasteiger charge is -2.20. The summed E-state index contributed by atoms with van der Waals surface area (Å²) in [5, 5.41) is 3.44. The highest BCUT2D eigenvalue weighted by molar-refractivity contribution is 5.21. The second-order valence-corrected chi connectivity index (χ2v) is 4.44. The Balaban J connectivity index is 1.82. The summed E-state index contributed by atoms with van der Waals surface area (Å²) >= 11 is 0. The van der Waals surface area contributed by atoms with E-state index in [0.29, 0.717) is 5.92 Å². The van der Waals surface area contributed by atoms with Crippen LogP contribution in [0.5, 0.6) is 0 Å². The topological polar surface area (TPSA) is 40.7 Å². The van der Waals surface area contributed by atoms with Crippen LogP contribution >= 0.6 is 0 Å². The van der Waals surface area contributed by atoms with E-state index in [2.05, 4.69) is 10.3 Å². The molecule has 0 saturated carbocycles. The van der Waals surface area contributed by atoms with Crippen LogP contribution in [0.2, 0.25) is 0 Å². The van der Waals surface area contributed by atoms with Crippen LogP contribution in [0.25, 0.3) is 0 Å². The van der Waals surface area contributed by atoms with Gasteiger partial charge >= 0.3 is 0 Å². The Hall–Kier alpha value is -0.830. The lowest BCUT2D eigenvalue weighted by Crippen LogP contribution is -2.29. The number of aryl methyl sites for hydroxylation is 2. The van der Waals surface area contributed by atoms with Gasteiger partial charge in [-0.2, -0.15) is 0 Å². The molecule has 1 saturated heterocycles. The normalized spacial score (nSPS) is 26.4. The minimum atomic E-state index is 0.634. The van der Waals surface area contributed by atoms with Crippen LogP contribution in [0.4, 0.5) is 0 Å². The predicted molar refractivity (Wildman–Crippen MR) is 55.5 cm³/mol. The van der Waals surface area contributed by atoms with Crippen molar-refractivity contribution in [3.63, 3.8) is 0 Å². The van der Waals surface area contributed by atoms with Crippen molar-refractivity contribution in [1.82, 2.24) is 15.3 Å². The van der Waals surface area contributed by atoms with Gasteiger partial charge in [-0.05, 0) is 38.6 Å². The second-order valence-electron chi connectivity index (χ2n) is 4.44. The van der Waals surface area contributed by atoms with Gasteiger partial charge in [0.15, 0.2) is 0 Å². The molecule has 2 aliphatic rings. The molecular weight excluding hydrogens is 174 g/mol. The van der Waals surface area contributed by atoms with E-state index in [-0.39, 0.29) is 0 Å². The van der Waals surface area contributed by atoms with Crippen molar-refractivity contribution in [2.45, 2.75) is 38.0 Å². The average molecular weight is 191 g/mol. The van der Waals surface area contributed by atoms with Gasteiger partial charge in [-0.25, -0.2) is 4.98 Å². The van der Waals surface area contributed by atoms with Crippen LogP contribution in [0.3, 0.4) is 0 Å². The number of nitrogens with zero attached hydrogens (tertiary/aromatic N) is 1. The van der Waals surface area contributed by atoms with E-state index in [0.717, 1.165) is 6.54 Å². The van der Waals surface area contributed by atoms with E-state index >= 15 is 0 Å². The molecular formula is C11H17N3. The lowest BCUT2D eigenvalue weighted by atomic mass is 9.99. The van der Waals surface area contributed by atoms with Gasteiger partial charge in [0.1, 0.15) is 5.82 Å². The molecule has 1 aromatic heterocycles. The lowest BCUT2D eigenvalue weighted by molar-refractivity contribution is 0.447. The van der Waals surface area contributed by atoms with E-state index in [1.54, 1.807) is 0 Å². The van der Waals surface area contributed by atoms with Crippen LogP contribution in [0, 0.1) is 0 Å². The molecule has 1 aliphatic heterocycles. The molecule has 3 rings (SSSR count). The summed E-state index contributed by atoms with van der Waals surface area (Å²) in [5.41, 5.74) is 2.75. The summed E-state index contributed by atoms with van der Waals surface area (Å²) in [6, 6.07) is 0. The van der Waals surface area contributed by atoms with Gasteiger partial charge in [-0.3, -0.25) is 0 Å². The van der Waals surface area contributed by atoms with Gasteiger partial charge in [0.05, 0.1) is 5.69 Å². The summed E-state index contributed by atoms with van der Waals surface area (Å²) in [5.74, 6) is 1.87. The van der Waals surface area contributed by atoms with E-state index in [1.165, 1.54) is 55.9 Å². The van der Waals surface area contributed by atoms with Crippen molar-refractivity contribution in [2.24, 2.45) is 0 Å². The Labute approximate surface area is 84.3 Å². The van der Waals surface area contributed by atoms with Crippen molar-refractivity contribution in [2.75, 3.05) is 13.1 Å². The SMILES string of the molecule is C1Cc2nc(C3CCCNC3)[nH]c2C1. The summed E-state index contributed by atoms with van der Waals surface area (Å²) in [6.07, 6.45) is 6.27. The number of rotatable bonds is 1. The van der Waals surface area contributed by atoms with Gasteiger partial charge in [0, 0.05) is 18.2 Å². The smallest absolute Gasteiger partial charge is 0.110 e. The van der Waals surface area contributed by atoms with Crippen LogP contribution in [0.15, 0.2) is 0 Å². The molecule has 1 fully saturated rings. The summed E-state index contributed by atoms with van der Waals surface area (Å²) in [7, 11) is 0. The molecule has 14 heavy (non-hydrogen) atoms. The Kier molecular flexibility index (Phi) is 2.05. The molecule has 0 radical (unpaired) electrons. The first kappa shape index (κ1) is 8.48. The largest absolute Gasteiger partial charge is 0.345 e. The summed E-state index contributed by atoms with van der Waals surface area (Å²) in [4.78, 5) is 8.23. The molecule has 1 unspecified atom stereocenters. The third-order valence-corrected chi connectivity index (χ3v) is 3.41. The highest BCUT2D eigenvalue weighted by Gasteiger charge is 2.22. The highest BCUT2D eigenvalue weighted by atomic mass is 15.0. The zero-order valence-electron chi connectivity index (χ0n) is 8.47. The van der Waals surface area contributed by atoms with Gasteiger partial charge in [0.25, 0.3) is 0 Å². The van der Waals surface area contributed by atoms with E-state index in [9.17, 15) is 0 Å². The molecule has 1 atom stereocenters. The molecule has 3 heteroatoms. The van der Waals surface area contributed by atoms with Crippen molar-refractivity contribution in [3.8, 4) is 0 Å². The molecule has 0 amide bonds. The molecule has 0 spiro atoms. The van der Waals surface area contributed by atoms with Crippen LogP contribution < -0.4 is 5.32 Å². The highest BCUT2D eigenvalue weighted by Crippen LogP contribution is 2.25. The number of aromatic nitrogens is 2. The van der Waals surface area contributed by atoms with Crippen molar-refractivity contribution >= 4 is 0 Å². The van der Waals surface area contributed by atoms with Gasteiger partial charge in [0.2, 0.25) is 0 Å². The number of imidazole rings is 1. The number of nitrogens with one attached hydrogen (secondary N) is 2. The average Bonchev–Trinajstić information content (AvgIpc) is 2.78. The Bertz CT molecular complexity index is 302. The molecule has 1 aromatic rings. The first-order valence-corrected chi connectivity index (χ1v) is 5.72. The van der Waals surface area contributed by atoms with Gasteiger partial charge < -0.3 is 10.3 Å². The van der Waals surface area contributed by atoms with Gasteiger partial charge in [-0.15, -0.1) is 0 Å². The minimum absolute atomic E-state index is 0.634. The predicted octanol–water partition coefficient (Wildman–Crippen LogP) is 1.37. The Morgan fingerprint density at radius 1 is 1.21 bits per heavy atom. The van der Waals surface area contributed by atoms with Crippen molar-refractivity contribution < 1.29 is 0 Å². The number of piperidine rings is 1. The summed E-state index contributed by atoms with van der Waals surface area (Å²) in [6.45, 7) is 2.28. The van der Waals surface area contributed by atoms with Crippen LogP contribution in [0.1, 0.15) is 42.4 Å². The number of H-pyrrole nitrogens is 1. The fraction of sp³-hybridized carbons (Fsp3) is 0.727. The molecule has 76 valence electrons. The number of aromatic amines is 1. The Morgan fingerprint density at radius 3 is 3.00 bits per heavy atom. The van der Waals surface area contributed by atoms with E-state index in [4.69, 9.17) is 4.98 Å². The maximum atomic E-state index is 4.72. The molecule has 0 aromatic carbocycles. The standard InChI is InChI=1S/C11H17N3/c1-4-9-10(5-1)14-11(13-9)8-3-2-6-12-7-8/h8,12H,1-7H2,(H,13,14). The molecule has 0 bridgehead atoms. The minimum Gasteiger partial charge on any atom is -0.345 e. The zero-order chi connectivity index (χ0) is 9.38. The van der Waals surface area contributed by atoms with E-state index in [1.807, 2.05) is 0 Å².